The molecule has 2 unspecified atom stereocenters. The van der Waals surface area contributed by atoms with E-state index in [-0.39, 0.29) is 5.92 Å². The Bertz CT molecular complexity index is 1510. The molecule has 2 aromatic rings. The number of hydrogen-bond donors (Lipinski definition) is 0. The average Bonchev–Trinajstić information content (AvgIpc) is 3.57. The van der Waals surface area contributed by atoms with Crippen molar-refractivity contribution >= 4 is 11.1 Å². The number of fused-ring (bicyclic) bond motifs is 1. The first-order valence-corrected chi connectivity index (χ1v) is 15.6. The van der Waals surface area contributed by atoms with Crippen LogP contribution in [-0.2, 0) is 6.42 Å². The number of hydrogen-bond acceptors (Lipinski definition) is 0. The molecule has 41 heavy (non-hydrogen) atoms. The maximum Gasteiger partial charge on any atom is 0.0201 e. The van der Waals surface area contributed by atoms with E-state index in [2.05, 4.69) is 114 Å². The Balaban J connectivity index is 1.38. The molecule has 5 rings (SSSR count). The molecule has 2 atom stereocenters. The molecule has 0 saturated heterocycles. The summed E-state index contributed by atoms with van der Waals surface area (Å²) in [7, 11) is 0. The molecule has 3 aliphatic rings. The van der Waals surface area contributed by atoms with Crippen LogP contribution < -0.4 is 0 Å². The third-order valence-electron chi connectivity index (χ3n) is 9.20. The van der Waals surface area contributed by atoms with Crippen LogP contribution in [-0.4, -0.2) is 0 Å². The van der Waals surface area contributed by atoms with Gasteiger partial charge in [0.2, 0.25) is 0 Å². The molecular formula is C41H46. The van der Waals surface area contributed by atoms with E-state index < -0.39 is 0 Å². The van der Waals surface area contributed by atoms with Crippen LogP contribution in [0.3, 0.4) is 0 Å². The first kappa shape index (κ1) is 28.9. The zero-order valence-corrected chi connectivity index (χ0v) is 25.7. The summed E-state index contributed by atoms with van der Waals surface area (Å²) in [6.07, 6.45) is 16.8. The van der Waals surface area contributed by atoms with E-state index in [1.165, 1.54) is 72.4 Å². The van der Waals surface area contributed by atoms with Gasteiger partial charge in [0.25, 0.3) is 0 Å². The van der Waals surface area contributed by atoms with E-state index >= 15 is 0 Å². The summed E-state index contributed by atoms with van der Waals surface area (Å²) in [5, 5.41) is 0. The zero-order valence-electron chi connectivity index (χ0n) is 25.7. The van der Waals surface area contributed by atoms with Gasteiger partial charge in [0.05, 0.1) is 0 Å². The lowest BCUT2D eigenvalue weighted by Crippen LogP contribution is -2.21. The van der Waals surface area contributed by atoms with Crippen molar-refractivity contribution < 1.29 is 0 Å². The highest BCUT2D eigenvalue weighted by atomic mass is 14.4. The highest BCUT2D eigenvalue weighted by Gasteiger charge is 2.41. The Morgan fingerprint density at radius 1 is 0.829 bits per heavy atom. The van der Waals surface area contributed by atoms with Crippen LogP contribution in [0.1, 0.15) is 94.4 Å². The highest BCUT2D eigenvalue weighted by molar-refractivity contribution is 5.75. The van der Waals surface area contributed by atoms with Gasteiger partial charge in [-0.1, -0.05) is 137 Å². The SMILES string of the molecule is C=C(CCC)C1=C(C)C=C2C/C(=C\C3=CC=C(c4ccc(C(=C)CCC)cc4)C3)C(=C)C2C1c1ccc(CC)cc1. The molecule has 3 aliphatic carbocycles. The van der Waals surface area contributed by atoms with Crippen LogP contribution >= 0.6 is 0 Å². The van der Waals surface area contributed by atoms with Crippen molar-refractivity contribution in [2.45, 2.75) is 78.6 Å². The minimum atomic E-state index is 0.283. The van der Waals surface area contributed by atoms with Gasteiger partial charge in [0.1, 0.15) is 0 Å². The smallest absolute Gasteiger partial charge is 0.0201 e. The second-order valence-electron chi connectivity index (χ2n) is 12.1. The second-order valence-corrected chi connectivity index (χ2v) is 12.1. The topological polar surface area (TPSA) is 0 Å². The standard InChI is InChI=1S/C41H46/c1-8-11-27(4)33-19-21-34(22-20-33)36-18-15-32(24-36)25-37-26-38-23-29(6)39(28(5)12-9-2)41(40(38)30(37)7)35-16-13-31(10-3)14-17-35/h13-23,25,40-41H,4-5,7-12,24,26H2,1-3,6H3/b37-25+. The minimum Gasteiger partial charge on any atom is -0.0955 e. The maximum absolute atomic E-state index is 4.74. The lowest BCUT2D eigenvalue weighted by Gasteiger charge is -2.34. The molecular weight excluding hydrogens is 492 g/mol. The van der Waals surface area contributed by atoms with Crippen molar-refractivity contribution in [2.75, 3.05) is 0 Å². The van der Waals surface area contributed by atoms with Gasteiger partial charge in [-0.2, -0.15) is 0 Å². The largest absolute Gasteiger partial charge is 0.0955 e. The first-order valence-electron chi connectivity index (χ1n) is 15.6. The predicted molar refractivity (Wildman–Crippen MR) is 180 cm³/mol. The third kappa shape index (κ3) is 5.89. The summed E-state index contributed by atoms with van der Waals surface area (Å²) in [5.74, 6) is 0.588. The fraction of sp³-hybridized carbons (Fsp3) is 0.317. The third-order valence-corrected chi connectivity index (χ3v) is 9.20. The predicted octanol–water partition coefficient (Wildman–Crippen LogP) is 11.7. The van der Waals surface area contributed by atoms with Gasteiger partial charge in [0.15, 0.2) is 0 Å². The highest BCUT2D eigenvalue weighted by Crippen LogP contribution is 2.55. The Hall–Kier alpha value is -3.64. The summed E-state index contributed by atoms with van der Waals surface area (Å²) in [6.45, 7) is 22.5. The molecule has 0 amide bonds. The molecule has 1 fully saturated rings. The van der Waals surface area contributed by atoms with Gasteiger partial charge in [-0.15, -0.1) is 0 Å². The van der Waals surface area contributed by atoms with Crippen LogP contribution in [0, 0.1) is 5.92 Å². The quantitative estimate of drug-likeness (QED) is 0.282. The zero-order chi connectivity index (χ0) is 29.1. The maximum atomic E-state index is 4.74. The van der Waals surface area contributed by atoms with Gasteiger partial charge in [-0.3, -0.25) is 0 Å². The second kappa shape index (κ2) is 12.5. The number of rotatable bonds is 10. The molecule has 0 heterocycles. The average molecular weight is 539 g/mol. The van der Waals surface area contributed by atoms with Crippen LogP contribution in [0.4, 0.5) is 0 Å². The molecule has 0 spiro atoms. The summed E-state index contributed by atoms with van der Waals surface area (Å²) >= 11 is 0. The molecule has 2 aromatic carbocycles. The normalized spacial score (nSPS) is 21.1. The molecule has 0 aromatic heterocycles. The van der Waals surface area contributed by atoms with E-state index in [0.717, 1.165) is 44.9 Å². The van der Waals surface area contributed by atoms with Crippen LogP contribution in [0.2, 0.25) is 0 Å². The van der Waals surface area contributed by atoms with Gasteiger partial charge in [0, 0.05) is 11.8 Å². The summed E-state index contributed by atoms with van der Waals surface area (Å²) < 4.78 is 0. The van der Waals surface area contributed by atoms with Gasteiger partial charge < -0.3 is 0 Å². The lowest BCUT2D eigenvalue weighted by atomic mass is 9.69. The van der Waals surface area contributed by atoms with Crippen LogP contribution in [0.25, 0.3) is 11.1 Å². The van der Waals surface area contributed by atoms with E-state index in [4.69, 9.17) is 6.58 Å². The van der Waals surface area contributed by atoms with Crippen molar-refractivity contribution in [1.82, 2.24) is 0 Å². The number of benzene rings is 2. The van der Waals surface area contributed by atoms with Crippen molar-refractivity contribution in [3.05, 3.63) is 154 Å². The Kier molecular flexibility index (Phi) is 8.79. The van der Waals surface area contributed by atoms with E-state index in [1.54, 1.807) is 0 Å². The van der Waals surface area contributed by atoms with Gasteiger partial charge in [-0.25, -0.2) is 0 Å². The molecule has 0 aliphatic heterocycles. The van der Waals surface area contributed by atoms with Crippen molar-refractivity contribution in [2.24, 2.45) is 5.92 Å². The van der Waals surface area contributed by atoms with Crippen LogP contribution in [0.15, 0.2) is 132 Å². The van der Waals surface area contributed by atoms with Gasteiger partial charge >= 0.3 is 0 Å². The molecule has 0 N–H and O–H groups in total. The first-order chi connectivity index (χ1) is 19.8. The lowest BCUT2D eigenvalue weighted by molar-refractivity contribution is 0.619. The minimum absolute atomic E-state index is 0.283. The Morgan fingerprint density at radius 3 is 2.17 bits per heavy atom. The monoisotopic (exact) mass is 538 g/mol. The van der Waals surface area contributed by atoms with E-state index in [9.17, 15) is 0 Å². The Labute approximate surface area is 249 Å². The fourth-order valence-corrected chi connectivity index (χ4v) is 7.02. The van der Waals surface area contributed by atoms with Crippen LogP contribution in [0.5, 0.6) is 0 Å². The number of allylic oxidation sites excluding steroid dienone is 13. The Morgan fingerprint density at radius 2 is 1.51 bits per heavy atom. The summed E-state index contributed by atoms with van der Waals surface area (Å²) in [6, 6.07) is 18.3. The molecule has 0 heteroatoms. The van der Waals surface area contributed by atoms with Crippen molar-refractivity contribution in [1.29, 1.82) is 0 Å². The fourth-order valence-electron chi connectivity index (χ4n) is 7.02. The molecule has 210 valence electrons. The molecule has 1 saturated carbocycles. The molecule has 0 bridgehead atoms. The molecule has 0 radical (unpaired) electrons. The van der Waals surface area contributed by atoms with Crippen molar-refractivity contribution in [3.63, 3.8) is 0 Å². The van der Waals surface area contributed by atoms with E-state index in [0.29, 0.717) is 5.92 Å². The van der Waals surface area contributed by atoms with Crippen molar-refractivity contribution in [3.8, 4) is 0 Å². The summed E-state index contributed by atoms with van der Waals surface area (Å²) in [4.78, 5) is 0. The summed E-state index contributed by atoms with van der Waals surface area (Å²) in [5.41, 5.74) is 17.6. The van der Waals surface area contributed by atoms with Gasteiger partial charge in [-0.05, 0) is 100 Å². The molecule has 0 nitrogen and oxygen atoms in total. The number of aryl methyl sites for hydroxylation is 1. The van der Waals surface area contributed by atoms with E-state index in [1.807, 2.05) is 0 Å².